The number of benzene rings is 3. The first kappa shape index (κ1) is 25.0. The number of hydrogen-bond donors (Lipinski definition) is 2. The van der Waals surface area contributed by atoms with Crippen LogP contribution in [0.25, 0.3) is 11.1 Å². The van der Waals surface area contributed by atoms with Crippen molar-refractivity contribution in [3.05, 3.63) is 90.0 Å². The molecular formula is C31H39N3O. The van der Waals surface area contributed by atoms with Crippen LogP contribution in [-0.4, -0.2) is 24.7 Å². The van der Waals surface area contributed by atoms with Gasteiger partial charge in [-0.2, -0.15) is 0 Å². The minimum atomic E-state index is -0.0827. The monoisotopic (exact) mass is 469 g/mol. The molecule has 0 unspecified atom stereocenters. The molecule has 0 heterocycles. The Kier molecular flexibility index (Phi) is 8.25. The van der Waals surface area contributed by atoms with E-state index in [0.29, 0.717) is 18.4 Å². The second kappa shape index (κ2) is 11.5. The zero-order valence-corrected chi connectivity index (χ0v) is 21.3. The van der Waals surface area contributed by atoms with Crippen molar-refractivity contribution in [2.75, 3.05) is 11.4 Å². The maximum Gasteiger partial charge on any atom is 0.322 e. The maximum atomic E-state index is 13.4. The molecule has 2 amide bonds. The Balaban J connectivity index is 1.49. The summed E-state index contributed by atoms with van der Waals surface area (Å²) in [6.07, 6.45) is 4.22. The molecule has 0 saturated heterocycles. The highest BCUT2D eigenvalue weighted by atomic mass is 16.2. The average Bonchev–Trinajstić information content (AvgIpc) is 3.67. The van der Waals surface area contributed by atoms with Gasteiger partial charge in [-0.15, -0.1) is 0 Å². The fraction of sp³-hybridized carbons (Fsp3) is 0.387. The van der Waals surface area contributed by atoms with Crippen molar-refractivity contribution in [2.45, 2.75) is 64.5 Å². The van der Waals surface area contributed by atoms with E-state index in [0.717, 1.165) is 36.9 Å². The van der Waals surface area contributed by atoms with Crippen molar-refractivity contribution >= 4 is 11.7 Å². The second-order valence-electron chi connectivity index (χ2n) is 9.96. The highest BCUT2D eigenvalue weighted by Crippen LogP contribution is 2.40. The van der Waals surface area contributed by atoms with Crippen molar-refractivity contribution in [1.29, 1.82) is 0 Å². The fourth-order valence-electron chi connectivity index (χ4n) is 4.65. The zero-order valence-electron chi connectivity index (χ0n) is 21.3. The molecule has 1 fully saturated rings. The predicted molar refractivity (Wildman–Crippen MR) is 147 cm³/mol. The van der Waals surface area contributed by atoms with Gasteiger partial charge in [-0.05, 0) is 53.1 Å². The summed E-state index contributed by atoms with van der Waals surface area (Å²) >= 11 is 0. The molecule has 0 spiro atoms. The fourth-order valence-corrected chi connectivity index (χ4v) is 4.65. The predicted octanol–water partition coefficient (Wildman–Crippen LogP) is 6.75. The van der Waals surface area contributed by atoms with Gasteiger partial charge in [0, 0.05) is 30.2 Å². The molecule has 3 N–H and O–H groups in total. The third kappa shape index (κ3) is 6.32. The molecule has 184 valence electrons. The van der Waals surface area contributed by atoms with Crippen LogP contribution in [-0.2, 0) is 6.42 Å². The second-order valence-corrected chi connectivity index (χ2v) is 9.96. The summed E-state index contributed by atoms with van der Waals surface area (Å²) in [6.45, 7) is 6.99. The van der Waals surface area contributed by atoms with Crippen molar-refractivity contribution < 1.29 is 4.79 Å². The number of nitrogens with one attached hydrogen (secondary N) is 1. The molecule has 0 radical (unpaired) electrons. The quantitative estimate of drug-likeness (QED) is 0.345. The summed E-state index contributed by atoms with van der Waals surface area (Å²) in [5.74, 6) is 0.729. The molecule has 4 atom stereocenters. The van der Waals surface area contributed by atoms with E-state index in [4.69, 9.17) is 5.73 Å². The maximum absolute atomic E-state index is 13.4. The first-order chi connectivity index (χ1) is 17.0. The van der Waals surface area contributed by atoms with E-state index >= 15 is 0 Å². The molecular weight excluding hydrogens is 430 g/mol. The van der Waals surface area contributed by atoms with Gasteiger partial charge in [0.25, 0.3) is 0 Å². The number of hydrogen-bond acceptors (Lipinski definition) is 2. The number of amides is 2. The lowest BCUT2D eigenvalue weighted by atomic mass is 9.99. The van der Waals surface area contributed by atoms with E-state index in [-0.39, 0.29) is 18.1 Å². The van der Waals surface area contributed by atoms with E-state index < -0.39 is 0 Å². The molecule has 35 heavy (non-hydrogen) atoms. The lowest BCUT2D eigenvalue weighted by Gasteiger charge is -2.29. The summed E-state index contributed by atoms with van der Waals surface area (Å²) < 4.78 is 0. The van der Waals surface area contributed by atoms with Gasteiger partial charge in [0.05, 0.1) is 0 Å². The highest BCUT2D eigenvalue weighted by Gasteiger charge is 2.40. The van der Waals surface area contributed by atoms with E-state index in [1.54, 1.807) is 0 Å². The first-order valence-electron chi connectivity index (χ1n) is 13.1. The van der Waals surface area contributed by atoms with Gasteiger partial charge in [0.2, 0.25) is 0 Å². The number of carbonyl (C=O) groups excluding carboxylic acids is 1. The van der Waals surface area contributed by atoms with Crippen LogP contribution in [0.2, 0.25) is 0 Å². The number of carbonyl (C=O) groups is 1. The van der Waals surface area contributed by atoms with Crippen LogP contribution in [0, 0.1) is 5.92 Å². The Bertz CT molecular complexity index is 1080. The number of anilines is 1. The Morgan fingerprint density at radius 2 is 1.60 bits per heavy atom. The molecule has 0 aromatic heterocycles. The molecule has 1 aliphatic carbocycles. The zero-order chi connectivity index (χ0) is 24.8. The number of rotatable bonds is 10. The van der Waals surface area contributed by atoms with Crippen LogP contribution in [0.15, 0.2) is 78.9 Å². The molecule has 3 aromatic rings. The van der Waals surface area contributed by atoms with Crippen LogP contribution >= 0.6 is 0 Å². The third-order valence-electron chi connectivity index (χ3n) is 7.35. The van der Waals surface area contributed by atoms with E-state index in [9.17, 15) is 4.79 Å². The average molecular weight is 470 g/mol. The molecule has 1 saturated carbocycles. The summed E-state index contributed by atoms with van der Waals surface area (Å²) in [7, 11) is 0. The molecule has 3 aromatic carbocycles. The largest absolute Gasteiger partial charge is 0.334 e. The molecule has 0 aliphatic heterocycles. The summed E-state index contributed by atoms with van der Waals surface area (Å²) in [5, 5.41) is 3.26. The Labute approximate surface area is 210 Å². The lowest BCUT2D eigenvalue weighted by Crippen LogP contribution is -2.49. The number of nitrogens with two attached hydrogens (primary N) is 1. The minimum absolute atomic E-state index is 0.0659. The molecule has 4 rings (SSSR count). The van der Waals surface area contributed by atoms with Gasteiger partial charge < -0.3 is 11.1 Å². The molecule has 0 bridgehead atoms. The van der Waals surface area contributed by atoms with E-state index in [2.05, 4.69) is 86.8 Å². The Morgan fingerprint density at radius 3 is 2.20 bits per heavy atom. The SMILES string of the molecule is CCCc1ccc(-c2ccc(N(C[C@@H](N)[C@@H](C)CC)C(=O)N[C@H]3C[C@@H]3c3ccccc3)cc2)cc1. The topological polar surface area (TPSA) is 58.4 Å². The standard InChI is InChI=1S/C31H39N3O/c1-4-9-23-12-14-24(15-13-23)25-16-18-27(19-17-25)34(21-29(32)22(3)5-2)31(35)33-30-20-28(30)26-10-7-6-8-11-26/h6-8,10-19,22,28-30H,4-5,9,20-21,32H2,1-3H3,(H,33,35)/t22-,28+,29+,30-/m0/s1. The van der Waals surface area contributed by atoms with Crippen molar-refractivity contribution in [3.63, 3.8) is 0 Å². The van der Waals surface area contributed by atoms with Crippen LogP contribution in [0.4, 0.5) is 10.5 Å². The Morgan fingerprint density at radius 1 is 0.971 bits per heavy atom. The minimum Gasteiger partial charge on any atom is -0.334 e. The number of aryl methyl sites for hydroxylation is 1. The number of nitrogens with zero attached hydrogens (tertiary/aromatic N) is 1. The van der Waals surface area contributed by atoms with Crippen molar-refractivity contribution in [1.82, 2.24) is 5.32 Å². The summed E-state index contributed by atoms with van der Waals surface area (Å²) in [6, 6.07) is 27.5. The van der Waals surface area contributed by atoms with Gasteiger partial charge in [-0.3, -0.25) is 4.90 Å². The molecule has 4 heteroatoms. The van der Waals surface area contributed by atoms with E-state index in [1.807, 2.05) is 23.1 Å². The van der Waals surface area contributed by atoms with Crippen LogP contribution in [0.5, 0.6) is 0 Å². The molecule has 4 nitrogen and oxygen atoms in total. The Hall–Kier alpha value is -3.11. The number of urea groups is 1. The summed E-state index contributed by atoms with van der Waals surface area (Å²) in [5.41, 5.74) is 12.4. The third-order valence-corrected chi connectivity index (χ3v) is 7.35. The van der Waals surface area contributed by atoms with Crippen LogP contribution < -0.4 is 16.0 Å². The van der Waals surface area contributed by atoms with Gasteiger partial charge in [0.15, 0.2) is 0 Å². The first-order valence-corrected chi connectivity index (χ1v) is 13.1. The van der Waals surface area contributed by atoms with Crippen molar-refractivity contribution in [3.8, 4) is 11.1 Å². The lowest BCUT2D eigenvalue weighted by molar-refractivity contribution is 0.244. The van der Waals surface area contributed by atoms with Crippen molar-refractivity contribution in [2.24, 2.45) is 11.7 Å². The van der Waals surface area contributed by atoms with Crippen LogP contribution in [0.3, 0.4) is 0 Å². The van der Waals surface area contributed by atoms with Crippen LogP contribution in [0.1, 0.15) is 57.1 Å². The smallest absolute Gasteiger partial charge is 0.322 e. The summed E-state index contributed by atoms with van der Waals surface area (Å²) in [4.78, 5) is 15.3. The van der Waals surface area contributed by atoms with E-state index in [1.165, 1.54) is 16.7 Å². The van der Waals surface area contributed by atoms with Gasteiger partial charge in [-0.1, -0.05) is 100 Å². The molecule has 1 aliphatic rings. The van der Waals surface area contributed by atoms with Gasteiger partial charge in [0.1, 0.15) is 0 Å². The van der Waals surface area contributed by atoms with Gasteiger partial charge >= 0.3 is 6.03 Å². The normalized spacial score (nSPS) is 18.5. The highest BCUT2D eigenvalue weighted by molar-refractivity contribution is 5.93. The van der Waals surface area contributed by atoms with Gasteiger partial charge in [-0.25, -0.2) is 4.79 Å².